The van der Waals surface area contributed by atoms with Gasteiger partial charge in [-0.2, -0.15) is 0 Å². The molecule has 0 aromatic heterocycles. The maximum Gasteiger partial charge on any atom is 0.222 e. The molecule has 0 aliphatic rings. The van der Waals surface area contributed by atoms with Crippen molar-refractivity contribution in [3.8, 4) is 0 Å². The Balaban J connectivity index is 3.65. The zero-order valence-corrected chi connectivity index (χ0v) is 34.0. The molecule has 0 saturated heterocycles. The van der Waals surface area contributed by atoms with Crippen LogP contribution in [-0.2, 0) is 4.79 Å². The molecule has 0 spiro atoms. The molecule has 0 bridgehead atoms. The van der Waals surface area contributed by atoms with Crippen LogP contribution in [0.4, 0.5) is 0 Å². The predicted molar refractivity (Wildman–Crippen MR) is 222 cm³/mol. The minimum absolute atomic E-state index is 0.000295. The van der Waals surface area contributed by atoms with Crippen molar-refractivity contribution < 1.29 is 20.1 Å². The number of aliphatic hydroxyl groups is 3. The zero-order valence-electron chi connectivity index (χ0n) is 34.0. The monoisotopic (exact) mass is 718 g/mol. The number of carbonyl (C=O) groups excluding carboxylic acids is 1. The van der Waals surface area contributed by atoms with Gasteiger partial charge < -0.3 is 20.6 Å². The third-order valence-electron chi connectivity index (χ3n) is 10.2. The van der Waals surface area contributed by atoms with Gasteiger partial charge in [0, 0.05) is 0 Å². The molecule has 51 heavy (non-hydrogen) atoms. The molecule has 0 aromatic rings. The first-order chi connectivity index (χ1) is 25.0. The fraction of sp³-hybridized carbons (Fsp3) is 0.848. The molecule has 0 rings (SSSR count). The van der Waals surface area contributed by atoms with Crippen LogP contribution < -0.4 is 5.32 Å². The number of allylic oxidation sites excluding steroid dienone is 5. The molecule has 5 nitrogen and oxygen atoms in total. The Morgan fingerprint density at radius 1 is 0.510 bits per heavy atom. The number of carbonyl (C=O) groups is 1. The number of hydrogen-bond donors (Lipinski definition) is 4. The summed E-state index contributed by atoms with van der Waals surface area (Å²) in [5, 5.41) is 33.2. The highest BCUT2D eigenvalue weighted by Gasteiger charge is 2.20. The largest absolute Gasteiger partial charge is 0.394 e. The van der Waals surface area contributed by atoms with E-state index in [9.17, 15) is 20.1 Å². The van der Waals surface area contributed by atoms with E-state index < -0.39 is 18.2 Å². The molecule has 4 N–H and O–H groups in total. The van der Waals surface area contributed by atoms with Crippen LogP contribution in [-0.4, -0.2) is 46.1 Å². The van der Waals surface area contributed by atoms with E-state index in [1.165, 1.54) is 148 Å². The van der Waals surface area contributed by atoms with Crippen molar-refractivity contribution >= 4 is 5.91 Å². The third kappa shape index (κ3) is 38.1. The first-order valence-corrected chi connectivity index (χ1v) is 22.3. The van der Waals surface area contributed by atoms with Gasteiger partial charge in [-0.05, 0) is 44.9 Å². The normalized spacial score (nSPS) is 13.9. The van der Waals surface area contributed by atoms with E-state index in [-0.39, 0.29) is 18.9 Å². The van der Waals surface area contributed by atoms with Gasteiger partial charge >= 0.3 is 0 Å². The Labute approximate surface area is 317 Å². The zero-order chi connectivity index (χ0) is 37.3. The maximum atomic E-state index is 12.4. The quantitative estimate of drug-likeness (QED) is 0.0288. The van der Waals surface area contributed by atoms with Crippen molar-refractivity contribution in [2.45, 2.75) is 244 Å². The molecule has 0 radical (unpaired) electrons. The van der Waals surface area contributed by atoms with E-state index in [1.807, 2.05) is 6.08 Å². The Kier molecular flexibility index (Phi) is 40.2. The molecule has 1 amide bonds. The number of amides is 1. The van der Waals surface area contributed by atoms with E-state index in [2.05, 4.69) is 43.5 Å². The van der Waals surface area contributed by atoms with Gasteiger partial charge in [-0.15, -0.1) is 0 Å². The van der Waals surface area contributed by atoms with E-state index in [0.29, 0.717) is 6.42 Å². The van der Waals surface area contributed by atoms with Gasteiger partial charge in [0.05, 0.1) is 31.3 Å². The highest BCUT2D eigenvalue weighted by molar-refractivity contribution is 5.76. The van der Waals surface area contributed by atoms with E-state index in [1.54, 1.807) is 6.08 Å². The first-order valence-electron chi connectivity index (χ1n) is 22.3. The van der Waals surface area contributed by atoms with E-state index in [4.69, 9.17) is 0 Å². The second-order valence-electron chi connectivity index (χ2n) is 15.3. The second kappa shape index (κ2) is 41.3. The summed E-state index contributed by atoms with van der Waals surface area (Å²) in [6, 6.07) is -0.750. The Hall–Kier alpha value is -1.43. The van der Waals surface area contributed by atoms with Crippen LogP contribution in [0, 0.1) is 0 Å². The molecule has 0 aliphatic heterocycles. The van der Waals surface area contributed by atoms with Gasteiger partial charge in [0.2, 0.25) is 5.91 Å². The van der Waals surface area contributed by atoms with Crippen LogP contribution in [0.25, 0.3) is 0 Å². The summed E-state index contributed by atoms with van der Waals surface area (Å²) in [4.78, 5) is 12.4. The number of rotatable bonds is 40. The van der Waals surface area contributed by atoms with Gasteiger partial charge in [0.1, 0.15) is 0 Å². The smallest absolute Gasteiger partial charge is 0.222 e. The van der Waals surface area contributed by atoms with Crippen LogP contribution in [0.1, 0.15) is 226 Å². The van der Waals surface area contributed by atoms with Gasteiger partial charge in [0.25, 0.3) is 0 Å². The lowest BCUT2D eigenvalue weighted by molar-refractivity contribution is -0.124. The van der Waals surface area contributed by atoms with Crippen LogP contribution in [0.15, 0.2) is 36.5 Å². The van der Waals surface area contributed by atoms with Crippen LogP contribution in [0.2, 0.25) is 0 Å². The summed E-state index contributed by atoms with van der Waals surface area (Å²) < 4.78 is 0. The molecule has 3 unspecified atom stereocenters. The van der Waals surface area contributed by atoms with Crippen molar-refractivity contribution in [3.05, 3.63) is 36.5 Å². The van der Waals surface area contributed by atoms with Gasteiger partial charge in [-0.25, -0.2) is 0 Å². The minimum Gasteiger partial charge on any atom is -0.394 e. The van der Waals surface area contributed by atoms with Crippen molar-refractivity contribution in [3.63, 3.8) is 0 Å². The molecular weight excluding hydrogens is 631 g/mol. The molecule has 5 heteroatoms. The summed E-state index contributed by atoms with van der Waals surface area (Å²) in [6.45, 7) is 4.18. The van der Waals surface area contributed by atoms with Gasteiger partial charge in [-0.3, -0.25) is 4.79 Å². The Morgan fingerprint density at radius 3 is 1.29 bits per heavy atom. The van der Waals surface area contributed by atoms with Crippen molar-refractivity contribution in [1.29, 1.82) is 0 Å². The van der Waals surface area contributed by atoms with Crippen LogP contribution in [0.3, 0.4) is 0 Å². The third-order valence-corrected chi connectivity index (χ3v) is 10.2. The highest BCUT2D eigenvalue weighted by atomic mass is 16.3. The molecule has 0 aromatic carbocycles. The lowest BCUT2D eigenvalue weighted by Crippen LogP contribution is -2.45. The van der Waals surface area contributed by atoms with E-state index in [0.717, 1.165) is 51.4 Å². The molecule has 3 atom stereocenters. The summed E-state index contributed by atoms with van der Waals surface area (Å²) >= 11 is 0. The van der Waals surface area contributed by atoms with Gasteiger partial charge in [-0.1, -0.05) is 211 Å². The SMILES string of the molecule is CCCCC/C=C\C=C/CCCCCCC(O)CC(=O)NC(CO)C(O)/C=C/CCCCCCCCCCCCCCCCCCCCCCC. The average Bonchev–Trinajstić information content (AvgIpc) is 3.12. The summed E-state index contributed by atoms with van der Waals surface area (Å²) in [5.41, 5.74) is 0. The lowest BCUT2D eigenvalue weighted by atomic mass is 10.0. The second-order valence-corrected chi connectivity index (χ2v) is 15.3. The number of hydrogen-bond acceptors (Lipinski definition) is 4. The maximum absolute atomic E-state index is 12.4. The fourth-order valence-electron chi connectivity index (χ4n) is 6.74. The molecule has 0 aliphatic carbocycles. The van der Waals surface area contributed by atoms with E-state index >= 15 is 0 Å². The Bertz CT molecular complexity index is 794. The lowest BCUT2D eigenvalue weighted by Gasteiger charge is -2.21. The average molecular weight is 718 g/mol. The number of nitrogens with one attached hydrogen (secondary N) is 1. The van der Waals surface area contributed by atoms with Crippen molar-refractivity contribution in [1.82, 2.24) is 5.32 Å². The highest BCUT2D eigenvalue weighted by Crippen LogP contribution is 2.16. The van der Waals surface area contributed by atoms with Crippen LogP contribution >= 0.6 is 0 Å². The van der Waals surface area contributed by atoms with Crippen molar-refractivity contribution in [2.75, 3.05) is 6.61 Å². The molecular formula is C46H87NO4. The van der Waals surface area contributed by atoms with Crippen LogP contribution in [0.5, 0.6) is 0 Å². The molecule has 0 saturated carbocycles. The molecule has 300 valence electrons. The number of unbranched alkanes of at least 4 members (excludes halogenated alkanes) is 28. The summed E-state index contributed by atoms with van der Waals surface area (Å²) in [5.74, 6) is -0.328. The molecule has 0 heterocycles. The van der Waals surface area contributed by atoms with Gasteiger partial charge in [0.15, 0.2) is 0 Å². The van der Waals surface area contributed by atoms with Crippen molar-refractivity contribution in [2.24, 2.45) is 0 Å². The first kappa shape index (κ1) is 49.6. The Morgan fingerprint density at radius 2 is 0.863 bits per heavy atom. The molecule has 0 fully saturated rings. The standard InChI is InChI=1S/C46H87NO4/c1-3-5-7-9-11-13-15-17-18-19-20-21-22-23-24-25-26-28-30-32-34-36-38-40-45(50)44(42-48)47-46(51)41-43(49)39-37-35-33-31-29-27-16-14-12-10-8-6-4-2/h12,14,16,27,38,40,43-45,48-50H,3-11,13,15,17-26,28-37,39,41-42H2,1-2H3,(H,47,51)/b14-12-,27-16-,40-38+. The minimum atomic E-state index is -0.934. The topological polar surface area (TPSA) is 89.8 Å². The fourth-order valence-corrected chi connectivity index (χ4v) is 6.74. The predicted octanol–water partition coefficient (Wildman–Crippen LogP) is 12.8. The number of aliphatic hydroxyl groups excluding tert-OH is 3. The summed E-state index contributed by atoms with van der Waals surface area (Å²) in [7, 11) is 0. The summed E-state index contributed by atoms with van der Waals surface area (Å²) in [6.07, 6.45) is 51.5.